The summed E-state index contributed by atoms with van der Waals surface area (Å²) in [5.74, 6) is 0.0920. The molecule has 0 atom stereocenters. The summed E-state index contributed by atoms with van der Waals surface area (Å²) in [5.41, 5.74) is 5.90. The second kappa shape index (κ2) is 8.62. The number of carbonyl (C=O) groups is 1. The van der Waals surface area contributed by atoms with Gasteiger partial charge in [-0.25, -0.2) is 0 Å². The normalized spacial score (nSPS) is 17.1. The van der Waals surface area contributed by atoms with Crippen molar-refractivity contribution in [2.45, 2.75) is 13.3 Å². The van der Waals surface area contributed by atoms with Crippen molar-refractivity contribution < 1.29 is 4.79 Å². The second-order valence-electron chi connectivity index (χ2n) is 9.93. The molecule has 2 saturated heterocycles. The molecule has 34 heavy (non-hydrogen) atoms. The monoisotopic (exact) mass is 454 g/mol. The maximum atomic E-state index is 12.5. The fourth-order valence-corrected chi connectivity index (χ4v) is 5.40. The summed E-state index contributed by atoms with van der Waals surface area (Å²) in [4.78, 5) is 18.8. The molecule has 3 aromatic rings. The van der Waals surface area contributed by atoms with Crippen molar-refractivity contribution in [1.29, 1.82) is 5.26 Å². The summed E-state index contributed by atoms with van der Waals surface area (Å²) in [6.45, 7) is 6.16. The van der Waals surface area contributed by atoms with Crippen molar-refractivity contribution in [1.82, 2.24) is 20.0 Å². The fraction of sp³-hybridized carbons (Fsp3) is 0.370. The number of nitrogens with zero attached hydrogens (tertiary/aromatic N) is 5. The molecule has 0 aliphatic carbocycles. The van der Waals surface area contributed by atoms with Crippen LogP contribution in [0.3, 0.4) is 0 Å². The summed E-state index contributed by atoms with van der Waals surface area (Å²) >= 11 is 0. The second-order valence-corrected chi connectivity index (χ2v) is 9.93. The number of nitrogens with one attached hydrogen (secondary N) is 1. The summed E-state index contributed by atoms with van der Waals surface area (Å²) in [7, 11) is 3.98. The Balaban J connectivity index is 1.37. The quantitative estimate of drug-likeness (QED) is 0.597. The zero-order valence-corrected chi connectivity index (χ0v) is 20.0. The third-order valence-corrected chi connectivity index (χ3v) is 7.13. The van der Waals surface area contributed by atoms with Gasteiger partial charge in [-0.1, -0.05) is 24.3 Å². The SMILES string of the molecule is Cc1ccc2[nH]ncc2c1-c1cccc(N2CCC3(CN(C(=O)/C=C/CN(C)C)C3)C2)c1C#N. The van der Waals surface area contributed by atoms with Crippen molar-refractivity contribution >= 4 is 22.5 Å². The van der Waals surface area contributed by atoms with Crippen LogP contribution < -0.4 is 4.90 Å². The number of aryl methyl sites for hydroxylation is 1. The Bertz CT molecular complexity index is 1310. The molecule has 2 aliphatic heterocycles. The Morgan fingerprint density at radius 2 is 2.09 bits per heavy atom. The third-order valence-electron chi connectivity index (χ3n) is 7.13. The lowest BCUT2D eigenvalue weighted by atomic mass is 9.79. The molecule has 0 saturated carbocycles. The minimum absolute atomic E-state index is 0.0920. The van der Waals surface area contributed by atoms with E-state index in [0.29, 0.717) is 5.56 Å². The van der Waals surface area contributed by atoms with Crippen LogP contribution in [-0.2, 0) is 4.79 Å². The maximum absolute atomic E-state index is 12.5. The minimum Gasteiger partial charge on any atom is -0.370 e. The number of anilines is 1. The molecular formula is C27H30N6O. The Morgan fingerprint density at radius 1 is 1.26 bits per heavy atom. The van der Waals surface area contributed by atoms with Gasteiger partial charge in [-0.05, 0) is 50.7 Å². The first-order valence-corrected chi connectivity index (χ1v) is 11.7. The highest BCUT2D eigenvalue weighted by molar-refractivity contribution is 5.98. The molecular weight excluding hydrogens is 424 g/mol. The third kappa shape index (κ3) is 3.84. The van der Waals surface area contributed by atoms with Gasteiger partial charge in [-0.15, -0.1) is 0 Å². The maximum Gasteiger partial charge on any atom is 0.246 e. The van der Waals surface area contributed by atoms with Crippen LogP contribution in [0.25, 0.3) is 22.0 Å². The first kappa shape index (κ1) is 22.2. The number of likely N-dealkylation sites (tertiary alicyclic amines) is 1. The van der Waals surface area contributed by atoms with E-state index in [1.807, 2.05) is 54.4 Å². The van der Waals surface area contributed by atoms with Crippen molar-refractivity contribution in [2.75, 3.05) is 51.7 Å². The van der Waals surface area contributed by atoms with Gasteiger partial charge in [0.25, 0.3) is 0 Å². The molecule has 1 amide bonds. The molecule has 2 fully saturated rings. The molecule has 0 bridgehead atoms. The molecule has 0 radical (unpaired) electrons. The lowest BCUT2D eigenvalue weighted by Gasteiger charge is -2.47. The Hall–Kier alpha value is -3.63. The number of hydrogen-bond acceptors (Lipinski definition) is 5. The molecule has 1 aromatic heterocycles. The first-order valence-electron chi connectivity index (χ1n) is 11.7. The largest absolute Gasteiger partial charge is 0.370 e. The van der Waals surface area contributed by atoms with Crippen LogP contribution >= 0.6 is 0 Å². The standard InChI is InChI=1S/C27H30N6O/c1-19-9-10-23-22(15-29-30-23)26(19)20-6-4-7-24(21(20)14-28)32-13-11-27(16-32)17-33(18-27)25(34)8-5-12-31(2)3/h4-10,15H,11-13,16-18H2,1-3H3,(H,29,30)/b8-5+. The zero-order valence-electron chi connectivity index (χ0n) is 20.0. The number of amides is 1. The van der Waals surface area contributed by atoms with Crippen LogP contribution in [0.2, 0.25) is 0 Å². The minimum atomic E-state index is 0.0920. The fourth-order valence-electron chi connectivity index (χ4n) is 5.40. The topological polar surface area (TPSA) is 79.3 Å². The Labute approximate surface area is 200 Å². The number of likely N-dealkylation sites (N-methyl/N-ethyl adjacent to an activating group) is 1. The van der Waals surface area contributed by atoms with Gasteiger partial charge in [0.2, 0.25) is 5.91 Å². The number of H-pyrrole nitrogens is 1. The molecule has 7 nitrogen and oxygen atoms in total. The molecule has 1 N–H and O–H groups in total. The highest BCUT2D eigenvalue weighted by Crippen LogP contribution is 2.44. The highest BCUT2D eigenvalue weighted by Gasteiger charge is 2.49. The van der Waals surface area contributed by atoms with E-state index in [1.54, 1.807) is 6.08 Å². The molecule has 5 rings (SSSR count). The number of aromatic amines is 1. The van der Waals surface area contributed by atoms with Gasteiger partial charge in [0, 0.05) is 55.2 Å². The summed E-state index contributed by atoms with van der Waals surface area (Å²) in [6, 6.07) is 12.7. The van der Waals surface area contributed by atoms with E-state index < -0.39 is 0 Å². The van der Waals surface area contributed by atoms with Gasteiger partial charge in [-0.3, -0.25) is 9.89 Å². The molecule has 3 heterocycles. The Kier molecular flexibility index (Phi) is 5.62. The van der Waals surface area contributed by atoms with E-state index in [2.05, 4.69) is 40.2 Å². The van der Waals surface area contributed by atoms with Crippen molar-refractivity contribution in [3.8, 4) is 17.2 Å². The number of fused-ring (bicyclic) bond motifs is 1. The molecule has 2 aromatic carbocycles. The van der Waals surface area contributed by atoms with Gasteiger partial charge in [0.1, 0.15) is 6.07 Å². The average Bonchev–Trinajstić information content (AvgIpc) is 3.45. The lowest BCUT2D eigenvalue weighted by molar-refractivity contribution is -0.136. The van der Waals surface area contributed by atoms with Crippen LogP contribution in [0.5, 0.6) is 0 Å². The predicted octanol–water partition coefficient (Wildman–Crippen LogP) is 3.57. The van der Waals surface area contributed by atoms with E-state index in [4.69, 9.17) is 0 Å². The molecule has 0 unspecified atom stereocenters. The van der Waals surface area contributed by atoms with E-state index in [0.717, 1.165) is 72.4 Å². The van der Waals surface area contributed by atoms with E-state index in [9.17, 15) is 10.1 Å². The summed E-state index contributed by atoms with van der Waals surface area (Å²) in [5, 5.41) is 18.5. The van der Waals surface area contributed by atoms with Gasteiger partial charge in [0.15, 0.2) is 0 Å². The molecule has 174 valence electrons. The van der Waals surface area contributed by atoms with E-state index in [-0.39, 0.29) is 11.3 Å². The van der Waals surface area contributed by atoms with Gasteiger partial charge in [-0.2, -0.15) is 10.4 Å². The van der Waals surface area contributed by atoms with E-state index >= 15 is 0 Å². The van der Waals surface area contributed by atoms with Crippen LogP contribution in [-0.4, -0.2) is 72.7 Å². The van der Waals surface area contributed by atoms with Crippen LogP contribution in [0.15, 0.2) is 48.7 Å². The van der Waals surface area contributed by atoms with Crippen LogP contribution in [0, 0.1) is 23.7 Å². The van der Waals surface area contributed by atoms with Gasteiger partial charge in [0.05, 0.1) is 23.0 Å². The van der Waals surface area contributed by atoms with E-state index in [1.165, 1.54) is 0 Å². The van der Waals surface area contributed by atoms with Gasteiger partial charge >= 0.3 is 0 Å². The first-order chi connectivity index (χ1) is 16.4. The van der Waals surface area contributed by atoms with Crippen LogP contribution in [0.1, 0.15) is 17.5 Å². The van der Waals surface area contributed by atoms with Gasteiger partial charge < -0.3 is 14.7 Å². The number of carbonyl (C=O) groups excluding carboxylic acids is 1. The van der Waals surface area contributed by atoms with Crippen molar-refractivity contribution in [3.63, 3.8) is 0 Å². The predicted molar refractivity (Wildman–Crippen MR) is 135 cm³/mol. The number of rotatable bonds is 5. The zero-order chi connectivity index (χ0) is 23.9. The highest BCUT2D eigenvalue weighted by atomic mass is 16.2. The average molecular weight is 455 g/mol. The molecule has 1 spiro atoms. The molecule has 2 aliphatic rings. The smallest absolute Gasteiger partial charge is 0.246 e. The lowest BCUT2D eigenvalue weighted by Crippen LogP contribution is -2.59. The van der Waals surface area contributed by atoms with Crippen molar-refractivity contribution in [3.05, 3.63) is 59.8 Å². The molecule has 7 heteroatoms. The van der Waals surface area contributed by atoms with Crippen LogP contribution in [0.4, 0.5) is 5.69 Å². The summed E-state index contributed by atoms with van der Waals surface area (Å²) in [6.07, 6.45) is 6.48. The van der Waals surface area contributed by atoms with Crippen molar-refractivity contribution in [2.24, 2.45) is 5.41 Å². The number of aromatic nitrogens is 2. The number of nitriles is 1. The number of hydrogen-bond donors (Lipinski definition) is 1. The summed E-state index contributed by atoms with van der Waals surface area (Å²) < 4.78 is 0. The number of benzene rings is 2. The Morgan fingerprint density at radius 3 is 2.85 bits per heavy atom.